The normalized spacial score (nSPS) is 25.6. The van der Waals surface area contributed by atoms with E-state index in [1.165, 1.54) is 4.90 Å². The Morgan fingerprint density at radius 1 is 1.09 bits per heavy atom. The second kappa shape index (κ2) is 5.45. The first-order chi connectivity index (χ1) is 10.7. The maximum atomic E-state index is 12.7. The molecule has 2 aliphatic rings. The average Bonchev–Trinajstić information content (AvgIpc) is 3.09. The van der Waals surface area contributed by atoms with Crippen LogP contribution < -0.4 is 5.32 Å². The number of rotatable bonds is 2. The number of carbonyl (C=O) groups is 1. The third-order valence-corrected chi connectivity index (χ3v) is 5.70. The van der Waals surface area contributed by atoms with E-state index in [-0.39, 0.29) is 17.9 Å². The van der Waals surface area contributed by atoms with Crippen LogP contribution in [0, 0.1) is 0 Å². The van der Waals surface area contributed by atoms with Crippen molar-refractivity contribution in [2.24, 2.45) is 0 Å². The van der Waals surface area contributed by atoms with Crippen LogP contribution in [0.4, 0.5) is 0 Å². The number of aliphatic hydroxyl groups excluding tert-OH is 1. The molecule has 0 spiro atoms. The second-order valence-corrected chi connectivity index (χ2v) is 6.92. The van der Waals surface area contributed by atoms with Gasteiger partial charge in [-0.05, 0) is 22.8 Å². The molecule has 0 bridgehead atoms. The molecule has 0 saturated heterocycles. The molecule has 0 saturated carbocycles. The number of hydrogen-bond donors (Lipinski definition) is 2. The fourth-order valence-electron chi connectivity index (χ4n) is 3.38. The molecule has 1 aliphatic carbocycles. The third kappa shape index (κ3) is 2.23. The molecule has 4 rings (SSSR count). The van der Waals surface area contributed by atoms with Crippen molar-refractivity contribution in [2.45, 2.75) is 29.4 Å². The lowest BCUT2D eigenvalue weighted by atomic mass is 9.99. The average molecular weight is 311 g/mol. The zero-order valence-corrected chi connectivity index (χ0v) is 12.8. The lowest BCUT2D eigenvalue weighted by molar-refractivity contribution is -0.123. The van der Waals surface area contributed by atoms with E-state index in [9.17, 15) is 9.90 Å². The van der Waals surface area contributed by atoms with Crippen LogP contribution in [0.1, 0.15) is 28.7 Å². The fraction of sp³-hybridized carbons (Fsp3) is 0.278. The summed E-state index contributed by atoms with van der Waals surface area (Å²) in [5, 5.41) is 13.3. The number of aliphatic hydroxyl groups is 1. The summed E-state index contributed by atoms with van der Waals surface area (Å²) in [5.41, 5.74) is 3.27. The maximum Gasteiger partial charge on any atom is 0.229 e. The van der Waals surface area contributed by atoms with Gasteiger partial charge in [0, 0.05) is 17.1 Å². The van der Waals surface area contributed by atoms with Crippen molar-refractivity contribution in [1.82, 2.24) is 5.32 Å². The summed E-state index contributed by atoms with van der Waals surface area (Å²) in [6, 6.07) is 15.7. The Kier molecular flexibility index (Phi) is 3.43. The quantitative estimate of drug-likeness (QED) is 0.896. The largest absolute Gasteiger partial charge is 0.390 e. The van der Waals surface area contributed by atoms with Crippen LogP contribution in [0.25, 0.3) is 0 Å². The molecule has 0 fully saturated rings. The van der Waals surface area contributed by atoms with Crippen LogP contribution in [0.2, 0.25) is 0 Å². The monoisotopic (exact) mass is 311 g/mol. The van der Waals surface area contributed by atoms with Gasteiger partial charge in [0.1, 0.15) is 0 Å². The van der Waals surface area contributed by atoms with Gasteiger partial charge in [-0.1, -0.05) is 42.5 Å². The Labute approximate surface area is 133 Å². The molecule has 0 radical (unpaired) electrons. The van der Waals surface area contributed by atoms with Gasteiger partial charge in [0.05, 0.1) is 18.1 Å². The number of carbonyl (C=O) groups excluding carboxylic acids is 1. The van der Waals surface area contributed by atoms with Gasteiger partial charge in [-0.15, -0.1) is 11.8 Å². The molecule has 2 aromatic carbocycles. The lowest BCUT2D eigenvalue weighted by Gasteiger charge is -2.20. The van der Waals surface area contributed by atoms with Crippen LogP contribution in [-0.4, -0.2) is 22.9 Å². The molecule has 0 aromatic heterocycles. The predicted molar refractivity (Wildman–Crippen MR) is 86.9 cm³/mol. The summed E-state index contributed by atoms with van der Waals surface area (Å²) in [4.78, 5) is 13.9. The summed E-state index contributed by atoms with van der Waals surface area (Å²) in [7, 11) is 0. The van der Waals surface area contributed by atoms with E-state index in [1.807, 2.05) is 42.5 Å². The molecular weight excluding hydrogens is 294 g/mol. The van der Waals surface area contributed by atoms with E-state index >= 15 is 0 Å². The molecule has 3 atom stereocenters. The van der Waals surface area contributed by atoms with Crippen molar-refractivity contribution in [1.29, 1.82) is 0 Å². The number of benzene rings is 2. The van der Waals surface area contributed by atoms with Crippen molar-refractivity contribution >= 4 is 17.7 Å². The van der Waals surface area contributed by atoms with E-state index < -0.39 is 6.10 Å². The summed E-state index contributed by atoms with van der Waals surface area (Å²) in [6.07, 6.45) is 0.0718. The Morgan fingerprint density at radius 3 is 2.68 bits per heavy atom. The highest BCUT2D eigenvalue weighted by Crippen LogP contribution is 2.40. The Bertz CT molecular complexity index is 731. The number of nitrogens with one attached hydrogen (secondary N) is 1. The molecule has 4 heteroatoms. The van der Waals surface area contributed by atoms with Gasteiger partial charge in [0.25, 0.3) is 0 Å². The van der Waals surface area contributed by atoms with Gasteiger partial charge >= 0.3 is 0 Å². The zero-order valence-electron chi connectivity index (χ0n) is 12.0. The zero-order chi connectivity index (χ0) is 15.1. The van der Waals surface area contributed by atoms with Crippen molar-refractivity contribution in [2.75, 3.05) is 5.75 Å². The summed E-state index contributed by atoms with van der Waals surface area (Å²) >= 11 is 1.73. The van der Waals surface area contributed by atoms with Crippen molar-refractivity contribution in [3.63, 3.8) is 0 Å². The van der Waals surface area contributed by atoms with E-state index in [0.29, 0.717) is 6.42 Å². The van der Waals surface area contributed by atoms with Crippen LogP contribution in [0.5, 0.6) is 0 Å². The maximum absolute atomic E-state index is 12.7. The molecule has 1 aliphatic heterocycles. The van der Waals surface area contributed by atoms with Gasteiger partial charge in [-0.2, -0.15) is 0 Å². The first kappa shape index (κ1) is 13.9. The van der Waals surface area contributed by atoms with E-state index in [0.717, 1.165) is 22.4 Å². The highest BCUT2D eigenvalue weighted by atomic mass is 32.2. The SMILES string of the molecule is O=C(N[C@@H]1c2ccccc2C[C@H]1O)[C@@H]1CSc2ccccc21. The smallest absolute Gasteiger partial charge is 0.229 e. The van der Waals surface area contributed by atoms with Crippen LogP contribution in [0.3, 0.4) is 0 Å². The molecule has 3 nitrogen and oxygen atoms in total. The van der Waals surface area contributed by atoms with Crippen molar-refractivity contribution < 1.29 is 9.90 Å². The van der Waals surface area contributed by atoms with Gasteiger partial charge in [-0.3, -0.25) is 4.79 Å². The minimum atomic E-state index is -0.536. The first-order valence-corrected chi connectivity index (χ1v) is 8.50. The molecule has 0 unspecified atom stereocenters. The van der Waals surface area contributed by atoms with Crippen LogP contribution in [0.15, 0.2) is 53.4 Å². The molecule has 22 heavy (non-hydrogen) atoms. The second-order valence-electron chi connectivity index (χ2n) is 5.86. The number of hydrogen-bond acceptors (Lipinski definition) is 3. The molecule has 112 valence electrons. The summed E-state index contributed by atoms with van der Waals surface area (Å²) in [6.45, 7) is 0. The topological polar surface area (TPSA) is 49.3 Å². The van der Waals surface area contributed by atoms with Gasteiger partial charge in [-0.25, -0.2) is 0 Å². The molecular formula is C18H17NO2S. The molecule has 1 heterocycles. The van der Waals surface area contributed by atoms with E-state index in [4.69, 9.17) is 0 Å². The van der Waals surface area contributed by atoms with Gasteiger partial charge in [0.2, 0.25) is 5.91 Å². The van der Waals surface area contributed by atoms with E-state index in [2.05, 4.69) is 11.4 Å². The van der Waals surface area contributed by atoms with Gasteiger partial charge in [0.15, 0.2) is 0 Å². The van der Waals surface area contributed by atoms with Crippen molar-refractivity contribution in [3.05, 3.63) is 65.2 Å². The number of amides is 1. The van der Waals surface area contributed by atoms with E-state index in [1.54, 1.807) is 11.8 Å². The molecule has 2 N–H and O–H groups in total. The standard InChI is InChI=1S/C18H17NO2S/c20-15-9-11-5-1-2-6-12(11)17(15)19-18(21)14-10-22-16-8-4-3-7-13(14)16/h1-8,14-15,17,20H,9-10H2,(H,19,21)/t14-,15-,17-/m1/s1. The van der Waals surface area contributed by atoms with Crippen LogP contribution in [-0.2, 0) is 11.2 Å². The minimum absolute atomic E-state index is 0.0122. The highest BCUT2D eigenvalue weighted by Gasteiger charge is 2.35. The number of thioether (sulfide) groups is 1. The van der Waals surface area contributed by atoms with Gasteiger partial charge < -0.3 is 10.4 Å². The Balaban J connectivity index is 1.56. The fourth-order valence-corrected chi connectivity index (χ4v) is 4.61. The Morgan fingerprint density at radius 2 is 1.82 bits per heavy atom. The third-order valence-electron chi connectivity index (χ3n) is 4.52. The lowest BCUT2D eigenvalue weighted by Crippen LogP contribution is -2.37. The predicted octanol–water partition coefficient (Wildman–Crippen LogP) is 2.65. The molecule has 1 amide bonds. The highest BCUT2D eigenvalue weighted by molar-refractivity contribution is 7.99. The minimum Gasteiger partial charge on any atom is -0.390 e. The van der Waals surface area contributed by atoms with Crippen LogP contribution >= 0.6 is 11.8 Å². The molecule has 2 aromatic rings. The first-order valence-electron chi connectivity index (χ1n) is 7.52. The Hall–Kier alpha value is -1.78. The summed E-state index contributed by atoms with van der Waals surface area (Å²) < 4.78 is 0. The number of fused-ring (bicyclic) bond motifs is 2. The van der Waals surface area contributed by atoms with Crippen molar-refractivity contribution in [3.8, 4) is 0 Å². The summed E-state index contributed by atoms with van der Waals surface area (Å²) in [5.74, 6) is 0.662.